The molecule has 23 heavy (non-hydrogen) atoms. The number of para-hydroxylation sites is 1. The fourth-order valence-electron chi connectivity index (χ4n) is 3.36. The molecule has 0 aromatic heterocycles. The zero-order chi connectivity index (χ0) is 16.4. The molecule has 0 spiro atoms. The molecule has 2 amide bonds. The number of anilines is 1. The number of rotatable bonds is 6. The van der Waals surface area contributed by atoms with E-state index in [0.717, 1.165) is 30.5 Å². The fraction of sp³-hybridized carbons (Fsp3) is 0.556. The highest BCUT2D eigenvalue weighted by atomic mass is 16.2. The van der Waals surface area contributed by atoms with Gasteiger partial charge in [0.15, 0.2) is 0 Å². The average molecular weight is 315 g/mol. The molecule has 5 heteroatoms. The van der Waals surface area contributed by atoms with E-state index in [-0.39, 0.29) is 30.2 Å². The van der Waals surface area contributed by atoms with Crippen molar-refractivity contribution in [1.29, 1.82) is 0 Å². The van der Waals surface area contributed by atoms with Gasteiger partial charge in [0.25, 0.3) is 0 Å². The Morgan fingerprint density at radius 2 is 2.13 bits per heavy atom. The lowest BCUT2D eigenvalue weighted by Crippen LogP contribution is -2.45. The highest BCUT2D eigenvalue weighted by molar-refractivity contribution is 6.00. The van der Waals surface area contributed by atoms with E-state index in [1.54, 1.807) is 4.90 Å². The van der Waals surface area contributed by atoms with Crippen LogP contribution in [-0.4, -0.2) is 30.9 Å². The summed E-state index contributed by atoms with van der Waals surface area (Å²) in [5, 5.41) is 3.05. The topological polar surface area (TPSA) is 75.4 Å². The summed E-state index contributed by atoms with van der Waals surface area (Å²) in [6.07, 6.45) is 3.43. The number of carbonyl (C=O) groups is 2. The van der Waals surface area contributed by atoms with Gasteiger partial charge in [-0.05, 0) is 36.8 Å². The van der Waals surface area contributed by atoms with Crippen molar-refractivity contribution < 1.29 is 9.59 Å². The molecule has 1 aliphatic carbocycles. The van der Waals surface area contributed by atoms with Crippen molar-refractivity contribution in [3.63, 3.8) is 0 Å². The number of nitrogens with two attached hydrogens (primary N) is 1. The number of amides is 2. The Balaban J connectivity index is 1.68. The number of carbonyl (C=O) groups excluding carboxylic acids is 2. The lowest BCUT2D eigenvalue weighted by atomic mass is 10.1. The fourth-order valence-corrected chi connectivity index (χ4v) is 3.36. The number of aryl methyl sites for hydroxylation is 1. The summed E-state index contributed by atoms with van der Waals surface area (Å²) in [4.78, 5) is 26.6. The van der Waals surface area contributed by atoms with E-state index >= 15 is 0 Å². The van der Waals surface area contributed by atoms with Crippen LogP contribution in [0.3, 0.4) is 0 Å². The third-order valence-electron chi connectivity index (χ3n) is 4.93. The standard InChI is InChI=1S/C18H25N3O2/c1-2-12-5-3-4-6-16(12)21-11-14(9-17(21)22)18(23)20-15(10-19)13-7-8-13/h3-6,13-15H,2,7-11,19H2,1H3,(H,20,23). The van der Waals surface area contributed by atoms with Gasteiger partial charge in [0, 0.05) is 31.2 Å². The first-order chi connectivity index (χ1) is 11.1. The molecule has 3 N–H and O–H groups in total. The number of nitrogens with one attached hydrogen (secondary N) is 1. The molecule has 0 bridgehead atoms. The van der Waals surface area contributed by atoms with Crippen LogP contribution in [0.1, 0.15) is 31.7 Å². The molecule has 1 aromatic rings. The predicted octanol–water partition coefficient (Wildman–Crippen LogP) is 1.46. The second-order valence-corrected chi connectivity index (χ2v) is 6.58. The van der Waals surface area contributed by atoms with Gasteiger partial charge >= 0.3 is 0 Å². The third-order valence-corrected chi connectivity index (χ3v) is 4.93. The predicted molar refractivity (Wildman–Crippen MR) is 90.0 cm³/mol. The maximum atomic E-state index is 12.5. The molecule has 2 unspecified atom stereocenters. The summed E-state index contributed by atoms with van der Waals surface area (Å²) in [6, 6.07) is 7.98. The summed E-state index contributed by atoms with van der Waals surface area (Å²) in [5.74, 6) is 0.247. The molecule has 1 aromatic carbocycles. The Bertz CT molecular complexity index is 598. The zero-order valence-electron chi connectivity index (χ0n) is 13.6. The number of hydrogen-bond acceptors (Lipinski definition) is 3. The Morgan fingerprint density at radius 3 is 2.78 bits per heavy atom. The Hall–Kier alpha value is -1.88. The summed E-state index contributed by atoms with van der Waals surface area (Å²) in [7, 11) is 0. The van der Waals surface area contributed by atoms with Gasteiger partial charge in [-0.1, -0.05) is 25.1 Å². The molecule has 1 heterocycles. The summed E-state index contributed by atoms with van der Waals surface area (Å²) in [5.41, 5.74) is 7.83. The molecular weight excluding hydrogens is 290 g/mol. The Labute approximate surface area is 137 Å². The van der Waals surface area contributed by atoms with Gasteiger partial charge in [0.1, 0.15) is 0 Å². The number of hydrogen-bond donors (Lipinski definition) is 2. The van der Waals surface area contributed by atoms with Crippen molar-refractivity contribution >= 4 is 17.5 Å². The molecular formula is C18H25N3O2. The van der Waals surface area contributed by atoms with Crippen molar-refractivity contribution in [2.24, 2.45) is 17.6 Å². The zero-order valence-corrected chi connectivity index (χ0v) is 13.6. The van der Waals surface area contributed by atoms with Gasteiger partial charge < -0.3 is 16.0 Å². The SMILES string of the molecule is CCc1ccccc1N1CC(C(=O)NC(CN)C2CC2)CC1=O. The molecule has 5 nitrogen and oxygen atoms in total. The van der Waals surface area contributed by atoms with Crippen LogP contribution in [0.4, 0.5) is 5.69 Å². The summed E-state index contributed by atoms with van der Waals surface area (Å²) in [6.45, 7) is 3.01. The van der Waals surface area contributed by atoms with Gasteiger partial charge in [-0.15, -0.1) is 0 Å². The first-order valence-corrected chi connectivity index (χ1v) is 8.52. The van der Waals surface area contributed by atoms with Crippen LogP contribution in [0.25, 0.3) is 0 Å². The van der Waals surface area contributed by atoms with E-state index in [1.807, 2.05) is 24.3 Å². The normalized spacial score (nSPS) is 22.3. The first kappa shape index (κ1) is 16.0. The van der Waals surface area contributed by atoms with E-state index in [0.29, 0.717) is 19.0 Å². The minimum atomic E-state index is -0.278. The van der Waals surface area contributed by atoms with E-state index in [4.69, 9.17) is 5.73 Å². The molecule has 2 atom stereocenters. The van der Waals surface area contributed by atoms with Crippen molar-refractivity contribution in [2.75, 3.05) is 18.0 Å². The molecule has 0 radical (unpaired) electrons. The van der Waals surface area contributed by atoms with Crippen molar-refractivity contribution in [3.8, 4) is 0 Å². The minimum Gasteiger partial charge on any atom is -0.352 e. The lowest BCUT2D eigenvalue weighted by Gasteiger charge is -2.21. The van der Waals surface area contributed by atoms with Crippen LogP contribution in [0.5, 0.6) is 0 Å². The maximum absolute atomic E-state index is 12.5. The quantitative estimate of drug-likeness (QED) is 0.834. The van der Waals surface area contributed by atoms with Crippen LogP contribution < -0.4 is 16.0 Å². The van der Waals surface area contributed by atoms with Gasteiger partial charge in [0.2, 0.25) is 11.8 Å². The van der Waals surface area contributed by atoms with Crippen LogP contribution in [0, 0.1) is 11.8 Å². The highest BCUT2D eigenvalue weighted by Gasteiger charge is 2.38. The van der Waals surface area contributed by atoms with Crippen LogP contribution in [0.2, 0.25) is 0 Å². The second-order valence-electron chi connectivity index (χ2n) is 6.58. The molecule has 3 rings (SSSR count). The van der Waals surface area contributed by atoms with Crippen LogP contribution in [-0.2, 0) is 16.0 Å². The van der Waals surface area contributed by atoms with Gasteiger partial charge in [-0.2, -0.15) is 0 Å². The van der Waals surface area contributed by atoms with Crippen molar-refractivity contribution in [3.05, 3.63) is 29.8 Å². The van der Waals surface area contributed by atoms with E-state index in [1.165, 1.54) is 0 Å². The van der Waals surface area contributed by atoms with Crippen molar-refractivity contribution in [2.45, 2.75) is 38.6 Å². The number of nitrogens with zero attached hydrogens (tertiary/aromatic N) is 1. The van der Waals surface area contributed by atoms with Crippen molar-refractivity contribution in [1.82, 2.24) is 5.32 Å². The van der Waals surface area contributed by atoms with Crippen LogP contribution in [0.15, 0.2) is 24.3 Å². The molecule has 1 aliphatic heterocycles. The smallest absolute Gasteiger partial charge is 0.227 e. The second kappa shape index (κ2) is 6.71. The van der Waals surface area contributed by atoms with Crippen LogP contribution >= 0.6 is 0 Å². The lowest BCUT2D eigenvalue weighted by molar-refractivity contribution is -0.127. The summed E-state index contributed by atoms with van der Waals surface area (Å²) >= 11 is 0. The highest BCUT2D eigenvalue weighted by Crippen LogP contribution is 2.33. The molecule has 1 saturated heterocycles. The minimum absolute atomic E-state index is 0.0294. The van der Waals surface area contributed by atoms with Gasteiger partial charge in [-0.3, -0.25) is 9.59 Å². The Kier molecular flexibility index (Phi) is 4.66. The average Bonchev–Trinajstić information content (AvgIpc) is 3.34. The monoisotopic (exact) mass is 315 g/mol. The first-order valence-electron chi connectivity index (χ1n) is 8.52. The van der Waals surface area contributed by atoms with E-state index < -0.39 is 0 Å². The Morgan fingerprint density at radius 1 is 1.39 bits per heavy atom. The van der Waals surface area contributed by atoms with E-state index in [2.05, 4.69) is 12.2 Å². The molecule has 124 valence electrons. The molecule has 1 saturated carbocycles. The third kappa shape index (κ3) is 3.39. The largest absolute Gasteiger partial charge is 0.352 e. The van der Waals surface area contributed by atoms with Gasteiger partial charge in [0.05, 0.1) is 5.92 Å². The van der Waals surface area contributed by atoms with Gasteiger partial charge in [-0.25, -0.2) is 0 Å². The molecule has 2 aliphatic rings. The molecule has 2 fully saturated rings. The maximum Gasteiger partial charge on any atom is 0.227 e. The summed E-state index contributed by atoms with van der Waals surface area (Å²) < 4.78 is 0. The number of benzene rings is 1. The van der Waals surface area contributed by atoms with E-state index in [9.17, 15) is 9.59 Å².